The maximum atomic E-state index is 11.6. The number of carbonyl (C=O) groups is 2. The Kier molecular flexibility index (Phi) is 3.24. The molecule has 0 N–H and O–H groups in total. The van der Waals surface area contributed by atoms with Gasteiger partial charge in [-0.2, -0.15) is 12.6 Å². The Hall–Kier alpha value is -0.510. The number of imide groups is 1. The van der Waals surface area contributed by atoms with Crippen LogP contribution in [0.1, 0.15) is 27.2 Å². The first-order chi connectivity index (χ1) is 6.37. The van der Waals surface area contributed by atoms with Crippen LogP contribution >= 0.6 is 12.6 Å². The summed E-state index contributed by atoms with van der Waals surface area (Å²) in [4.78, 5) is 24.4. The number of thiol groups is 1. The van der Waals surface area contributed by atoms with Crippen LogP contribution < -0.4 is 0 Å². The molecule has 1 heterocycles. The molecule has 1 fully saturated rings. The maximum absolute atomic E-state index is 11.6. The topological polar surface area (TPSA) is 37.4 Å². The van der Waals surface area contributed by atoms with E-state index in [9.17, 15) is 9.59 Å². The van der Waals surface area contributed by atoms with Crippen molar-refractivity contribution in [3.63, 3.8) is 0 Å². The van der Waals surface area contributed by atoms with Gasteiger partial charge in [0.05, 0.1) is 0 Å². The molecule has 0 radical (unpaired) electrons. The summed E-state index contributed by atoms with van der Waals surface area (Å²) >= 11 is 4.21. The molecule has 0 aromatic rings. The molecule has 1 unspecified atom stereocenters. The third-order valence-corrected chi connectivity index (χ3v) is 3.34. The van der Waals surface area contributed by atoms with E-state index in [1.54, 1.807) is 6.92 Å². The first kappa shape index (κ1) is 11.6. The zero-order valence-corrected chi connectivity index (χ0v) is 9.80. The van der Waals surface area contributed by atoms with Crippen LogP contribution in [0, 0.1) is 11.3 Å². The first-order valence-electron chi connectivity index (χ1n) is 4.82. The van der Waals surface area contributed by atoms with E-state index in [2.05, 4.69) is 12.6 Å². The number of amides is 2. The van der Waals surface area contributed by atoms with Gasteiger partial charge < -0.3 is 0 Å². The van der Waals surface area contributed by atoms with E-state index in [0.717, 1.165) is 0 Å². The largest absolute Gasteiger partial charge is 0.282 e. The predicted molar refractivity (Wildman–Crippen MR) is 58.1 cm³/mol. The van der Waals surface area contributed by atoms with Gasteiger partial charge in [-0.3, -0.25) is 14.5 Å². The van der Waals surface area contributed by atoms with E-state index in [4.69, 9.17) is 0 Å². The number of nitrogens with zero attached hydrogens (tertiary/aromatic N) is 1. The number of carbonyl (C=O) groups excluding carboxylic acids is 2. The van der Waals surface area contributed by atoms with Gasteiger partial charge in [-0.25, -0.2) is 0 Å². The second kappa shape index (κ2) is 3.93. The third kappa shape index (κ3) is 2.29. The Bertz CT molecular complexity index is 263. The molecular formula is C10H17NO2S. The fourth-order valence-corrected chi connectivity index (χ4v) is 1.59. The number of hydrogen-bond donors (Lipinski definition) is 1. The second-order valence-corrected chi connectivity index (χ2v) is 5.06. The maximum Gasteiger partial charge on any atom is 0.232 e. The summed E-state index contributed by atoms with van der Waals surface area (Å²) < 4.78 is 0. The summed E-state index contributed by atoms with van der Waals surface area (Å²) in [5.74, 6) is 0.443. The van der Waals surface area contributed by atoms with E-state index in [1.165, 1.54) is 4.90 Å². The molecule has 0 spiro atoms. The van der Waals surface area contributed by atoms with E-state index < -0.39 is 0 Å². The standard InChI is InChI=1S/C10H17NO2S/c1-7-4-8(12)11(9(7)13)5-10(2,3)6-14/h7,14H,4-6H2,1-3H3. The van der Waals surface area contributed by atoms with Crippen LogP contribution in [-0.2, 0) is 9.59 Å². The monoisotopic (exact) mass is 215 g/mol. The Morgan fingerprint density at radius 2 is 2.07 bits per heavy atom. The molecule has 0 aromatic heterocycles. The average molecular weight is 215 g/mol. The van der Waals surface area contributed by atoms with Crippen molar-refractivity contribution in [3.05, 3.63) is 0 Å². The fourth-order valence-electron chi connectivity index (χ4n) is 1.49. The predicted octanol–water partition coefficient (Wildman–Crippen LogP) is 1.34. The quantitative estimate of drug-likeness (QED) is 0.570. The van der Waals surface area contributed by atoms with Crippen molar-refractivity contribution >= 4 is 24.4 Å². The van der Waals surface area contributed by atoms with E-state index >= 15 is 0 Å². The molecule has 0 saturated carbocycles. The van der Waals surface area contributed by atoms with Gasteiger partial charge in [0.15, 0.2) is 0 Å². The van der Waals surface area contributed by atoms with Gasteiger partial charge in [0.25, 0.3) is 0 Å². The minimum atomic E-state index is -0.141. The van der Waals surface area contributed by atoms with Crippen LogP contribution in [0.5, 0.6) is 0 Å². The van der Waals surface area contributed by atoms with Crippen molar-refractivity contribution in [2.75, 3.05) is 12.3 Å². The van der Waals surface area contributed by atoms with Crippen LogP contribution in [0.2, 0.25) is 0 Å². The molecule has 2 amide bonds. The lowest BCUT2D eigenvalue weighted by atomic mass is 9.96. The molecular weight excluding hydrogens is 198 g/mol. The van der Waals surface area contributed by atoms with Crippen molar-refractivity contribution in [2.24, 2.45) is 11.3 Å². The van der Waals surface area contributed by atoms with Crippen molar-refractivity contribution in [2.45, 2.75) is 27.2 Å². The van der Waals surface area contributed by atoms with Gasteiger partial charge >= 0.3 is 0 Å². The minimum Gasteiger partial charge on any atom is -0.282 e. The number of rotatable bonds is 3. The van der Waals surface area contributed by atoms with Crippen molar-refractivity contribution in [3.8, 4) is 0 Å². The minimum absolute atomic E-state index is 0.0372. The van der Waals surface area contributed by atoms with Gasteiger partial charge in [0.1, 0.15) is 0 Å². The van der Waals surface area contributed by atoms with Gasteiger partial charge in [0.2, 0.25) is 11.8 Å². The van der Waals surface area contributed by atoms with Gasteiger partial charge in [-0.05, 0) is 11.2 Å². The highest BCUT2D eigenvalue weighted by Crippen LogP contribution is 2.25. The van der Waals surface area contributed by atoms with Crippen molar-refractivity contribution in [1.29, 1.82) is 0 Å². The van der Waals surface area contributed by atoms with E-state index in [0.29, 0.717) is 18.7 Å². The molecule has 1 rings (SSSR count). The normalized spacial score (nSPS) is 23.4. The second-order valence-electron chi connectivity index (χ2n) is 4.75. The highest BCUT2D eigenvalue weighted by atomic mass is 32.1. The lowest BCUT2D eigenvalue weighted by molar-refractivity contribution is -0.140. The van der Waals surface area contributed by atoms with Crippen molar-refractivity contribution in [1.82, 2.24) is 4.90 Å². The fraction of sp³-hybridized carbons (Fsp3) is 0.800. The Morgan fingerprint density at radius 3 is 2.43 bits per heavy atom. The first-order valence-corrected chi connectivity index (χ1v) is 5.46. The van der Waals surface area contributed by atoms with Gasteiger partial charge in [-0.15, -0.1) is 0 Å². The molecule has 3 nitrogen and oxygen atoms in total. The van der Waals surface area contributed by atoms with Crippen LogP contribution in [0.3, 0.4) is 0 Å². The highest BCUT2D eigenvalue weighted by molar-refractivity contribution is 7.80. The molecule has 1 aliphatic heterocycles. The Morgan fingerprint density at radius 1 is 1.50 bits per heavy atom. The van der Waals surface area contributed by atoms with Crippen LogP contribution in [0.15, 0.2) is 0 Å². The lowest BCUT2D eigenvalue weighted by Gasteiger charge is -2.27. The molecule has 0 aromatic carbocycles. The molecule has 1 atom stereocenters. The Labute approximate surface area is 90.3 Å². The number of hydrogen-bond acceptors (Lipinski definition) is 3. The summed E-state index contributed by atoms with van der Waals surface area (Å²) in [7, 11) is 0. The molecule has 1 aliphatic rings. The molecule has 4 heteroatoms. The third-order valence-electron chi connectivity index (χ3n) is 2.48. The zero-order valence-electron chi connectivity index (χ0n) is 8.91. The van der Waals surface area contributed by atoms with Crippen molar-refractivity contribution < 1.29 is 9.59 Å². The molecule has 80 valence electrons. The molecule has 0 bridgehead atoms. The van der Waals surface area contributed by atoms with Gasteiger partial charge in [0, 0.05) is 18.9 Å². The van der Waals surface area contributed by atoms with Crippen LogP contribution in [-0.4, -0.2) is 29.0 Å². The van der Waals surface area contributed by atoms with E-state index in [1.807, 2.05) is 13.8 Å². The lowest BCUT2D eigenvalue weighted by Crippen LogP contribution is -2.39. The summed E-state index contributed by atoms with van der Waals surface area (Å²) in [6, 6.07) is 0. The summed E-state index contributed by atoms with van der Waals surface area (Å²) in [5, 5.41) is 0. The molecule has 14 heavy (non-hydrogen) atoms. The SMILES string of the molecule is CC1CC(=O)N(CC(C)(C)CS)C1=O. The van der Waals surface area contributed by atoms with Crippen LogP contribution in [0.4, 0.5) is 0 Å². The number of likely N-dealkylation sites (tertiary alicyclic amines) is 1. The summed E-state index contributed by atoms with van der Waals surface area (Å²) in [6.07, 6.45) is 0.363. The average Bonchev–Trinajstić information content (AvgIpc) is 2.32. The Balaban J connectivity index is 2.70. The van der Waals surface area contributed by atoms with Gasteiger partial charge in [-0.1, -0.05) is 20.8 Å². The van der Waals surface area contributed by atoms with E-state index in [-0.39, 0.29) is 23.1 Å². The smallest absolute Gasteiger partial charge is 0.232 e. The highest BCUT2D eigenvalue weighted by Gasteiger charge is 2.37. The van der Waals surface area contributed by atoms with Crippen LogP contribution in [0.25, 0.3) is 0 Å². The zero-order chi connectivity index (χ0) is 10.9. The summed E-state index contributed by atoms with van der Waals surface area (Å²) in [5.41, 5.74) is -0.0987. The molecule has 1 saturated heterocycles. The molecule has 0 aliphatic carbocycles. The summed E-state index contributed by atoms with van der Waals surface area (Å²) in [6.45, 7) is 6.29.